The van der Waals surface area contributed by atoms with E-state index in [0.29, 0.717) is 19.0 Å². The summed E-state index contributed by atoms with van der Waals surface area (Å²) in [5.74, 6) is -0.400. The van der Waals surface area contributed by atoms with Crippen LogP contribution in [0.15, 0.2) is 24.3 Å². The van der Waals surface area contributed by atoms with Crippen LogP contribution in [0.1, 0.15) is 13.8 Å². The largest absolute Gasteiger partial charge is 0.484 e. The quantitative estimate of drug-likeness (QED) is 0.844. The number of anilines is 1. The summed E-state index contributed by atoms with van der Waals surface area (Å²) in [6.45, 7) is 4.86. The summed E-state index contributed by atoms with van der Waals surface area (Å²) in [7, 11) is 0. The van der Waals surface area contributed by atoms with Crippen LogP contribution in [0.25, 0.3) is 0 Å². The molecular weight excluding hydrogens is 260 g/mol. The molecule has 6 nitrogen and oxygen atoms in total. The number of hydrogen-bond donors (Lipinski definition) is 2. The van der Waals surface area contributed by atoms with Crippen molar-refractivity contribution in [2.45, 2.75) is 25.7 Å². The van der Waals surface area contributed by atoms with E-state index in [0.717, 1.165) is 5.69 Å². The van der Waals surface area contributed by atoms with Crippen LogP contribution >= 0.6 is 0 Å². The van der Waals surface area contributed by atoms with E-state index in [-0.39, 0.29) is 12.6 Å². The minimum absolute atomic E-state index is 0.111. The van der Waals surface area contributed by atoms with E-state index in [1.165, 1.54) is 0 Å². The zero-order valence-corrected chi connectivity index (χ0v) is 11.7. The lowest BCUT2D eigenvalue weighted by Gasteiger charge is -2.35. The number of ether oxygens (including phenoxy) is 3. The molecule has 1 fully saturated rings. The van der Waals surface area contributed by atoms with Gasteiger partial charge in [-0.05, 0) is 38.1 Å². The van der Waals surface area contributed by atoms with Crippen LogP contribution in [0.5, 0.6) is 5.75 Å². The Kier molecular flexibility index (Phi) is 4.46. The number of primary amides is 1. The highest BCUT2D eigenvalue weighted by Crippen LogP contribution is 2.21. The van der Waals surface area contributed by atoms with Crippen LogP contribution < -0.4 is 15.8 Å². The first kappa shape index (κ1) is 14.6. The Balaban J connectivity index is 1.83. The van der Waals surface area contributed by atoms with Gasteiger partial charge in [0.25, 0.3) is 5.91 Å². The van der Waals surface area contributed by atoms with Crippen molar-refractivity contribution in [3.63, 3.8) is 0 Å². The second-order valence-electron chi connectivity index (χ2n) is 5.14. The maximum atomic E-state index is 10.6. The average Bonchev–Trinajstić information content (AvgIpc) is 2.40. The van der Waals surface area contributed by atoms with Crippen LogP contribution in [0.3, 0.4) is 0 Å². The highest BCUT2D eigenvalue weighted by Gasteiger charge is 2.28. The number of rotatable bonds is 5. The maximum Gasteiger partial charge on any atom is 0.255 e. The molecule has 1 aromatic rings. The van der Waals surface area contributed by atoms with E-state index in [1.807, 2.05) is 26.0 Å². The maximum absolute atomic E-state index is 10.6. The Bertz CT molecular complexity index is 449. The molecule has 0 spiro atoms. The lowest BCUT2D eigenvalue weighted by molar-refractivity contribution is -0.247. The zero-order valence-electron chi connectivity index (χ0n) is 11.7. The summed E-state index contributed by atoms with van der Waals surface area (Å²) in [4.78, 5) is 10.6. The Hall–Kier alpha value is -1.79. The summed E-state index contributed by atoms with van der Waals surface area (Å²) in [6, 6.07) is 7.41. The van der Waals surface area contributed by atoms with Crippen LogP contribution in [-0.2, 0) is 14.3 Å². The molecule has 0 radical (unpaired) electrons. The van der Waals surface area contributed by atoms with Gasteiger partial charge in [-0.15, -0.1) is 0 Å². The van der Waals surface area contributed by atoms with E-state index < -0.39 is 11.7 Å². The molecule has 0 atom stereocenters. The molecule has 2 rings (SSSR count). The number of carbonyl (C=O) groups excluding carboxylic acids is 1. The van der Waals surface area contributed by atoms with Crippen LogP contribution in [0.4, 0.5) is 5.69 Å². The van der Waals surface area contributed by atoms with Crippen LogP contribution in [-0.4, -0.2) is 37.6 Å². The van der Waals surface area contributed by atoms with Crippen LogP contribution in [0.2, 0.25) is 0 Å². The molecule has 3 N–H and O–H groups in total. The Morgan fingerprint density at radius 2 is 1.95 bits per heavy atom. The molecule has 0 aromatic heterocycles. The summed E-state index contributed by atoms with van der Waals surface area (Å²) in [6.07, 6.45) is 0. The van der Waals surface area contributed by atoms with E-state index in [1.54, 1.807) is 12.1 Å². The molecule has 0 saturated carbocycles. The van der Waals surface area contributed by atoms with Crippen molar-refractivity contribution in [3.05, 3.63) is 24.3 Å². The third-order valence-electron chi connectivity index (χ3n) is 2.87. The molecule has 1 aliphatic rings. The second-order valence-corrected chi connectivity index (χ2v) is 5.14. The first-order valence-electron chi connectivity index (χ1n) is 6.50. The number of nitrogens with two attached hydrogens (primary N) is 1. The predicted octanol–water partition coefficient (Wildman–Crippen LogP) is 1.11. The third-order valence-corrected chi connectivity index (χ3v) is 2.87. The van der Waals surface area contributed by atoms with Gasteiger partial charge in [-0.1, -0.05) is 0 Å². The Labute approximate surface area is 118 Å². The highest BCUT2D eigenvalue weighted by molar-refractivity contribution is 5.75. The van der Waals surface area contributed by atoms with Gasteiger partial charge in [0, 0.05) is 5.69 Å². The topological polar surface area (TPSA) is 82.8 Å². The summed E-state index contributed by atoms with van der Waals surface area (Å²) < 4.78 is 16.3. The fraction of sp³-hybridized carbons (Fsp3) is 0.500. The third kappa shape index (κ3) is 4.40. The Morgan fingerprint density at radius 1 is 1.35 bits per heavy atom. The normalized spacial score (nSPS) is 18.5. The van der Waals surface area contributed by atoms with Crippen molar-refractivity contribution in [1.29, 1.82) is 0 Å². The van der Waals surface area contributed by atoms with Crippen LogP contribution in [0, 0.1) is 0 Å². The molecule has 20 heavy (non-hydrogen) atoms. The van der Waals surface area contributed by atoms with Gasteiger partial charge in [0.05, 0.1) is 19.3 Å². The molecule has 0 aliphatic carbocycles. The predicted molar refractivity (Wildman–Crippen MR) is 74.5 cm³/mol. The molecule has 1 aromatic carbocycles. The number of nitrogens with one attached hydrogen (secondary N) is 1. The van der Waals surface area contributed by atoms with Gasteiger partial charge in [-0.3, -0.25) is 4.79 Å². The van der Waals surface area contributed by atoms with Gasteiger partial charge >= 0.3 is 0 Å². The van der Waals surface area contributed by atoms with Gasteiger partial charge in [-0.25, -0.2) is 0 Å². The lowest BCUT2D eigenvalue weighted by atomic mass is 10.2. The standard InChI is InChI=1S/C14H20N2O4/c1-14(2)19-7-11(8-20-14)16-10-3-5-12(6-4-10)18-9-13(15)17/h3-6,11,16H,7-9H2,1-2H3,(H2,15,17). The van der Waals surface area contributed by atoms with Crippen molar-refractivity contribution in [2.75, 3.05) is 25.1 Å². The van der Waals surface area contributed by atoms with Crippen molar-refractivity contribution < 1.29 is 19.0 Å². The minimum Gasteiger partial charge on any atom is -0.484 e. The molecule has 6 heteroatoms. The molecular formula is C14H20N2O4. The number of carbonyl (C=O) groups is 1. The molecule has 110 valence electrons. The molecule has 0 bridgehead atoms. The zero-order chi connectivity index (χ0) is 14.6. The number of amides is 1. The fourth-order valence-corrected chi connectivity index (χ4v) is 1.81. The molecule has 0 unspecified atom stereocenters. The summed E-state index contributed by atoms with van der Waals surface area (Å²) in [5.41, 5.74) is 5.95. The van der Waals surface area contributed by atoms with Gasteiger partial charge in [-0.2, -0.15) is 0 Å². The van der Waals surface area contributed by atoms with Crippen molar-refractivity contribution in [3.8, 4) is 5.75 Å². The summed E-state index contributed by atoms with van der Waals surface area (Å²) in [5, 5.41) is 3.31. The molecule has 1 amide bonds. The highest BCUT2D eigenvalue weighted by atomic mass is 16.7. The molecule has 1 saturated heterocycles. The van der Waals surface area contributed by atoms with E-state index in [9.17, 15) is 4.79 Å². The van der Waals surface area contributed by atoms with E-state index in [4.69, 9.17) is 19.9 Å². The van der Waals surface area contributed by atoms with Crippen molar-refractivity contribution in [1.82, 2.24) is 0 Å². The monoisotopic (exact) mass is 280 g/mol. The SMILES string of the molecule is CC1(C)OCC(Nc2ccc(OCC(N)=O)cc2)CO1. The molecule has 1 aliphatic heterocycles. The smallest absolute Gasteiger partial charge is 0.255 e. The fourth-order valence-electron chi connectivity index (χ4n) is 1.81. The van der Waals surface area contributed by atoms with Gasteiger partial charge in [0.1, 0.15) is 5.75 Å². The summed E-state index contributed by atoms with van der Waals surface area (Å²) >= 11 is 0. The number of hydrogen-bond acceptors (Lipinski definition) is 5. The lowest BCUT2D eigenvalue weighted by Crippen LogP contribution is -2.45. The number of benzene rings is 1. The van der Waals surface area contributed by atoms with E-state index >= 15 is 0 Å². The average molecular weight is 280 g/mol. The Morgan fingerprint density at radius 3 is 2.50 bits per heavy atom. The van der Waals surface area contributed by atoms with Gasteiger partial charge in [0.2, 0.25) is 0 Å². The minimum atomic E-state index is -0.509. The second kappa shape index (κ2) is 6.11. The van der Waals surface area contributed by atoms with Crippen molar-refractivity contribution >= 4 is 11.6 Å². The first-order chi connectivity index (χ1) is 9.44. The van der Waals surface area contributed by atoms with Gasteiger partial charge in [0.15, 0.2) is 12.4 Å². The first-order valence-corrected chi connectivity index (χ1v) is 6.50. The molecule has 1 heterocycles. The van der Waals surface area contributed by atoms with Crippen molar-refractivity contribution in [2.24, 2.45) is 5.73 Å². The van der Waals surface area contributed by atoms with Gasteiger partial charge < -0.3 is 25.3 Å². The van der Waals surface area contributed by atoms with E-state index in [2.05, 4.69) is 5.32 Å².